The zero-order valence-corrected chi connectivity index (χ0v) is 8.08. The van der Waals surface area contributed by atoms with E-state index < -0.39 is 29.9 Å². The summed E-state index contributed by atoms with van der Waals surface area (Å²) in [4.78, 5) is 20.8. The Morgan fingerprint density at radius 3 is 2.56 bits per heavy atom. The average molecular weight is 224 g/mol. The number of carbonyl (C=O) groups is 2. The number of carboxylic acids is 2. The Labute approximate surface area is 90.8 Å². The van der Waals surface area contributed by atoms with Gasteiger partial charge in [0.1, 0.15) is 23.9 Å². The monoisotopic (exact) mass is 224 g/mol. The molecule has 0 aromatic rings. The van der Waals surface area contributed by atoms with Crippen LogP contribution in [0.2, 0.25) is 0 Å². The summed E-state index contributed by atoms with van der Waals surface area (Å²) in [6, 6.07) is 0. The van der Waals surface area contributed by atoms with Gasteiger partial charge in [-0.05, 0) is 11.6 Å². The van der Waals surface area contributed by atoms with Crippen molar-refractivity contribution >= 4 is 11.9 Å². The van der Waals surface area contributed by atoms with Gasteiger partial charge in [0.15, 0.2) is 0 Å². The van der Waals surface area contributed by atoms with Crippen molar-refractivity contribution in [2.75, 3.05) is 0 Å². The zero-order chi connectivity index (χ0) is 12.3. The van der Waals surface area contributed by atoms with Gasteiger partial charge in [0.2, 0.25) is 0 Å². The maximum atomic E-state index is 10.5. The summed E-state index contributed by atoms with van der Waals surface area (Å²) in [7, 11) is 0. The largest absolute Gasteiger partial charge is 0.545 e. The smallest absolute Gasteiger partial charge is 0.147 e. The van der Waals surface area contributed by atoms with E-state index in [1.54, 1.807) is 0 Å². The molecule has 0 heterocycles. The van der Waals surface area contributed by atoms with E-state index in [9.17, 15) is 24.9 Å². The van der Waals surface area contributed by atoms with E-state index in [0.29, 0.717) is 0 Å². The molecular formula is C10H8O6-2. The summed E-state index contributed by atoms with van der Waals surface area (Å²) in [6.07, 6.45) is 1.04. The number of carbonyl (C=O) groups excluding carboxylic acids is 2. The number of ether oxygens (including phenoxy) is 1. The summed E-state index contributed by atoms with van der Waals surface area (Å²) < 4.78 is 4.72. The van der Waals surface area contributed by atoms with Crippen molar-refractivity contribution in [3.63, 3.8) is 0 Å². The van der Waals surface area contributed by atoms with Crippen LogP contribution in [-0.2, 0) is 14.3 Å². The second-order valence-corrected chi connectivity index (χ2v) is 3.05. The fraction of sp³-hybridized carbons (Fsp3) is 0.200. The predicted molar refractivity (Wildman–Crippen MR) is 47.3 cm³/mol. The molecule has 0 amide bonds. The number of carboxylic acid groups (broad SMARTS) is 2. The van der Waals surface area contributed by atoms with Crippen LogP contribution in [0.15, 0.2) is 36.1 Å². The highest BCUT2D eigenvalue weighted by Gasteiger charge is 2.21. The third-order valence-corrected chi connectivity index (χ3v) is 1.90. The fourth-order valence-electron chi connectivity index (χ4n) is 1.10. The molecule has 0 bridgehead atoms. The van der Waals surface area contributed by atoms with Crippen molar-refractivity contribution in [3.05, 3.63) is 36.1 Å². The van der Waals surface area contributed by atoms with Crippen LogP contribution in [0.4, 0.5) is 0 Å². The highest BCUT2D eigenvalue weighted by molar-refractivity contribution is 5.88. The van der Waals surface area contributed by atoms with Crippen molar-refractivity contribution in [2.45, 2.75) is 12.2 Å². The first-order valence-corrected chi connectivity index (χ1v) is 4.28. The van der Waals surface area contributed by atoms with Crippen LogP contribution in [-0.4, -0.2) is 29.3 Å². The topological polar surface area (TPSA) is 110 Å². The summed E-state index contributed by atoms with van der Waals surface area (Å²) in [5.41, 5.74) is -0.207. The third-order valence-electron chi connectivity index (χ3n) is 1.90. The second kappa shape index (κ2) is 4.63. The Balaban J connectivity index is 2.80. The molecular weight excluding hydrogens is 216 g/mol. The lowest BCUT2D eigenvalue weighted by Gasteiger charge is -2.24. The molecule has 1 aliphatic carbocycles. The van der Waals surface area contributed by atoms with Crippen LogP contribution in [0.1, 0.15) is 0 Å². The number of hydrogen-bond acceptors (Lipinski definition) is 6. The van der Waals surface area contributed by atoms with Crippen molar-refractivity contribution in [3.8, 4) is 0 Å². The van der Waals surface area contributed by atoms with Gasteiger partial charge in [0.25, 0.3) is 0 Å². The Morgan fingerprint density at radius 2 is 2.06 bits per heavy atom. The van der Waals surface area contributed by atoms with Gasteiger partial charge in [-0.2, -0.15) is 0 Å². The van der Waals surface area contributed by atoms with Gasteiger partial charge in [0, 0.05) is 0 Å². The Morgan fingerprint density at radius 1 is 1.44 bits per heavy atom. The van der Waals surface area contributed by atoms with Gasteiger partial charge in [-0.1, -0.05) is 18.7 Å². The van der Waals surface area contributed by atoms with Crippen LogP contribution in [0, 0.1) is 0 Å². The number of rotatable bonds is 4. The molecule has 0 radical (unpaired) electrons. The summed E-state index contributed by atoms with van der Waals surface area (Å²) >= 11 is 0. The minimum atomic E-state index is -1.63. The first kappa shape index (κ1) is 12.0. The van der Waals surface area contributed by atoms with Crippen LogP contribution >= 0.6 is 0 Å². The maximum Gasteiger partial charge on any atom is 0.147 e. The highest BCUT2D eigenvalue weighted by Crippen LogP contribution is 2.16. The van der Waals surface area contributed by atoms with Gasteiger partial charge >= 0.3 is 0 Å². The lowest BCUT2D eigenvalue weighted by atomic mass is 10.0. The van der Waals surface area contributed by atoms with Crippen molar-refractivity contribution in [1.82, 2.24) is 0 Å². The standard InChI is InChI=1S/C10H10O6/c1-5(9(12)13)16-8-4-6(10(14)15)2-3-7(8)11/h2-4,7-8,11H,1H2,(H,12,13)(H,14,15)/p-2/t7-,8-/m1/s1. The molecule has 0 aromatic carbocycles. The van der Waals surface area contributed by atoms with Gasteiger partial charge < -0.3 is 29.6 Å². The number of aliphatic carboxylic acids is 2. The molecule has 0 aliphatic heterocycles. The summed E-state index contributed by atoms with van der Waals surface area (Å²) in [6.45, 7) is 3.04. The van der Waals surface area contributed by atoms with Gasteiger partial charge in [-0.3, -0.25) is 0 Å². The van der Waals surface area contributed by atoms with E-state index in [0.717, 1.165) is 18.2 Å². The SMILES string of the molecule is C=C(O[C@@H]1C=C(C(=O)[O-])C=C[C@H]1O)C(=O)[O-]. The minimum absolute atomic E-state index is 0.207. The molecule has 0 spiro atoms. The molecule has 0 saturated carbocycles. The first-order valence-electron chi connectivity index (χ1n) is 4.28. The third kappa shape index (κ3) is 2.71. The van der Waals surface area contributed by atoms with Crippen molar-refractivity contribution in [1.29, 1.82) is 0 Å². The Kier molecular flexibility index (Phi) is 3.47. The molecule has 1 N–H and O–H groups in total. The molecule has 86 valence electrons. The highest BCUT2D eigenvalue weighted by atomic mass is 16.5. The van der Waals surface area contributed by atoms with Crippen molar-refractivity contribution < 1.29 is 29.6 Å². The molecule has 0 unspecified atom stereocenters. The lowest BCUT2D eigenvalue weighted by molar-refractivity contribution is -0.303. The summed E-state index contributed by atoms with van der Waals surface area (Å²) in [5, 5.41) is 30.2. The molecule has 1 rings (SSSR count). The Bertz CT molecular complexity index is 392. The van der Waals surface area contributed by atoms with Gasteiger partial charge in [-0.25, -0.2) is 0 Å². The van der Waals surface area contributed by atoms with E-state index in [1.165, 1.54) is 0 Å². The van der Waals surface area contributed by atoms with E-state index in [-0.39, 0.29) is 5.57 Å². The van der Waals surface area contributed by atoms with Crippen molar-refractivity contribution in [2.24, 2.45) is 0 Å². The van der Waals surface area contributed by atoms with Crippen LogP contribution in [0.5, 0.6) is 0 Å². The quantitative estimate of drug-likeness (QED) is 0.409. The van der Waals surface area contributed by atoms with E-state index in [2.05, 4.69) is 6.58 Å². The van der Waals surface area contributed by atoms with E-state index >= 15 is 0 Å². The molecule has 6 nitrogen and oxygen atoms in total. The fourth-order valence-corrected chi connectivity index (χ4v) is 1.10. The lowest BCUT2D eigenvalue weighted by Crippen LogP contribution is -2.35. The molecule has 0 aromatic heterocycles. The molecule has 2 atom stereocenters. The molecule has 0 fully saturated rings. The summed E-state index contributed by atoms with van der Waals surface area (Å²) in [5.74, 6) is -3.77. The van der Waals surface area contributed by atoms with Crippen LogP contribution < -0.4 is 10.2 Å². The minimum Gasteiger partial charge on any atom is -0.545 e. The van der Waals surface area contributed by atoms with Crippen LogP contribution in [0.3, 0.4) is 0 Å². The second-order valence-electron chi connectivity index (χ2n) is 3.05. The number of hydrogen-bond donors (Lipinski definition) is 1. The normalized spacial score (nSPS) is 23.4. The average Bonchev–Trinajstić information content (AvgIpc) is 2.20. The maximum absolute atomic E-state index is 10.5. The molecule has 6 heteroatoms. The number of aliphatic hydroxyl groups is 1. The molecule has 16 heavy (non-hydrogen) atoms. The number of aliphatic hydroxyl groups excluding tert-OH is 1. The zero-order valence-electron chi connectivity index (χ0n) is 8.08. The molecule has 1 aliphatic rings. The van der Waals surface area contributed by atoms with E-state index in [1.807, 2.05) is 0 Å². The van der Waals surface area contributed by atoms with Crippen LogP contribution in [0.25, 0.3) is 0 Å². The Hall–Kier alpha value is -2.08. The van der Waals surface area contributed by atoms with Gasteiger partial charge in [0.05, 0.1) is 5.97 Å². The predicted octanol–water partition coefficient (Wildman–Crippen LogP) is -2.76. The molecule has 0 saturated heterocycles. The van der Waals surface area contributed by atoms with Gasteiger partial charge in [-0.15, -0.1) is 0 Å². The first-order chi connectivity index (χ1) is 7.41. The van der Waals surface area contributed by atoms with E-state index in [4.69, 9.17) is 4.74 Å².